The van der Waals surface area contributed by atoms with E-state index in [9.17, 15) is 0 Å². The van der Waals surface area contributed by atoms with Crippen LogP contribution in [-0.2, 0) is 19.5 Å². The maximum atomic E-state index is 3.19. The summed E-state index contributed by atoms with van der Waals surface area (Å²) in [5.41, 5.74) is 1.41. The molecule has 0 saturated heterocycles. The van der Waals surface area contributed by atoms with Crippen LogP contribution in [0.25, 0.3) is 0 Å². The lowest BCUT2D eigenvalue weighted by atomic mass is 10.1. The average molecular weight is 274 g/mol. The molecule has 19 heavy (non-hydrogen) atoms. The zero-order valence-corrected chi connectivity index (χ0v) is 12.5. The van der Waals surface area contributed by atoms with Crippen molar-refractivity contribution in [1.29, 1.82) is 0 Å². The second-order valence-electron chi connectivity index (χ2n) is 4.87. The minimum Gasteiger partial charge on any atom is -0.315 e. The van der Waals surface area contributed by atoms with Crippen molar-refractivity contribution in [3.05, 3.63) is 57.8 Å². The fraction of sp³-hybridized carbons (Fsp3) is 0.375. The van der Waals surface area contributed by atoms with Crippen LogP contribution in [0.5, 0.6) is 0 Å². The molecule has 0 bridgehead atoms. The minimum atomic E-state index is 0.971. The van der Waals surface area contributed by atoms with Gasteiger partial charge in [0.2, 0.25) is 0 Å². The van der Waals surface area contributed by atoms with Crippen molar-refractivity contribution in [3.8, 4) is 0 Å². The Morgan fingerprint density at radius 3 is 2.53 bits per heavy atom. The molecule has 0 radical (unpaired) electrons. The van der Waals surface area contributed by atoms with Crippen molar-refractivity contribution in [2.24, 2.45) is 0 Å². The molecule has 0 aliphatic rings. The predicted octanol–water partition coefficient (Wildman–Crippen LogP) is 3.14. The Labute approximate surface area is 120 Å². The Kier molecular flexibility index (Phi) is 5.58. The van der Waals surface area contributed by atoms with Gasteiger partial charge in [-0.1, -0.05) is 30.3 Å². The SMILES string of the molecule is CNCc1ccc(CN(C)CCc2ccccc2)s1. The van der Waals surface area contributed by atoms with Gasteiger partial charge >= 0.3 is 0 Å². The van der Waals surface area contributed by atoms with Crippen LogP contribution in [-0.4, -0.2) is 25.5 Å². The fourth-order valence-electron chi connectivity index (χ4n) is 2.09. The Hall–Kier alpha value is -1.16. The maximum Gasteiger partial charge on any atom is 0.0325 e. The summed E-state index contributed by atoms with van der Waals surface area (Å²) in [7, 11) is 4.19. The molecule has 102 valence electrons. The van der Waals surface area contributed by atoms with Crippen molar-refractivity contribution >= 4 is 11.3 Å². The monoisotopic (exact) mass is 274 g/mol. The number of thiophene rings is 1. The van der Waals surface area contributed by atoms with Crippen LogP contribution in [0.1, 0.15) is 15.3 Å². The van der Waals surface area contributed by atoms with E-state index >= 15 is 0 Å². The number of benzene rings is 1. The lowest BCUT2D eigenvalue weighted by Crippen LogP contribution is -2.20. The van der Waals surface area contributed by atoms with Crippen LogP contribution < -0.4 is 5.32 Å². The topological polar surface area (TPSA) is 15.3 Å². The summed E-state index contributed by atoms with van der Waals surface area (Å²) < 4.78 is 0. The van der Waals surface area contributed by atoms with E-state index in [1.54, 1.807) is 0 Å². The summed E-state index contributed by atoms with van der Waals surface area (Å²) in [5, 5.41) is 3.19. The number of nitrogens with one attached hydrogen (secondary N) is 1. The van der Waals surface area contributed by atoms with Gasteiger partial charge in [0.05, 0.1) is 0 Å². The molecule has 2 aromatic rings. The highest BCUT2D eigenvalue weighted by molar-refractivity contribution is 7.11. The number of rotatable bonds is 7. The van der Waals surface area contributed by atoms with E-state index in [-0.39, 0.29) is 0 Å². The molecule has 1 heterocycles. The average Bonchev–Trinajstić information content (AvgIpc) is 2.85. The van der Waals surface area contributed by atoms with Crippen LogP contribution in [0, 0.1) is 0 Å². The van der Waals surface area contributed by atoms with E-state index in [2.05, 4.69) is 59.7 Å². The second-order valence-corrected chi connectivity index (χ2v) is 6.12. The molecule has 0 spiro atoms. The summed E-state index contributed by atoms with van der Waals surface area (Å²) in [6.45, 7) is 3.11. The Morgan fingerprint density at radius 2 is 1.79 bits per heavy atom. The van der Waals surface area contributed by atoms with Gasteiger partial charge in [0.15, 0.2) is 0 Å². The van der Waals surface area contributed by atoms with E-state index in [1.807, 2.05) is 18.4 Å². The van der Waals surface area contributed by atoms with E-state index < -0.39 is 0 Å². The third kappa shape index (κ3) is 4.78. The van der Waals surface area contributed by atoms with Gasteiger partial charge in [-0.15, -0.1) is 11.3 Å². The van der Waals surface area contributed by atoms with Crippen LogP contribution in [0.4, 0.5) is 0 Å². The summed E-state index contributed by atoms with van der Waals surface area (Å²) >= 11 is 1.90. The lowest BCUT2D eigenvalue weighted by Gasteiger charge is -2.15. The Balaban J connectivity index is 1.78. The molecule has 2 nitrogen and oxygen atoms in total. The normalized spacial score (nSPS) is 11.1. The van der Waals surface area contributed by atoms with Gasteiger partial charge in [0, 0.05) is 29.4 Å². The van der Waals surface area contributed by atoms with Gasteiger partial charge < -0.3 is 10.2 Å². The minimum absolute atomic E-state index is 0.971. The van der Waals surface area contributed by atoms with Crippen molar-refractivity contribution < 1.29 is 0 Å². The first-order valence-corrected chi connectivity index (χ1v) is 7.54. The van der Waals surface area contributed by atoms with Crippen molar-refractivity contribution in [1.82, 2.24) is 10.2 Å². The summed E-state index contributed by atoms with van der Waals surface area (Å²) in [4.78, 5) is 5.25. The zero-order valence-electron chi connectivity index (χ0n) is 11.7. The Morgan fingerprint density at radius 1 is 1.05 bits per heavy atom. The fourth-order valence-corrected chi connectivity index (χ4v) is 3.20. The van der Waals surface area contributed by atoms with Gasteiger partial charge in [0.1, 0.15) is 0 Å². The number of likely N-dealkylation sites (N-methyl/N-ethyl adjacent to an activating group) is 1. The van der Waals surface area contributed by atoms with Crippen molar-refractivity contribution in [3.63, 3.8) is 0 Å². The van der Waals surface area contributed by atoms with Gasteiger partial charge in [-0.25, -0.2) is 0 Å². The summed E-state index contributed by atoms with van der Waals surface area (Å²) in [5.74, 6) is 0. The molecule has 0 unspecified atom stereocenters. The molecular weight excluding hydrogens is 252 g/mol. The molecule has 0 atom stereocenters. The quantitative estimate of drug-likeness (QED) is 0.834. The first-order valence-electron chi connectivity index (χ1n) is 6.72. The second kappa shape index (κ2) is 7.43. The summed E-state index contributed by atoms with van der Waals surface area (Å²) in [6, 6.07) is 15.2. The first kappa shape index (κ1) is 14.3. The summed E-state index contributed by atoms with van der Waals surface area (Å²) in [6.07, 6.45) is 1.12. The van der Waals surface area contributed by atoms with E-state index in [0.717, 1.165) is 26.1 Å². The Bertz CT molecular complexity index is 479. The maximum absolute atomic E-state index is 3.19. The third-order valence-electron chi connectivity index (χ3n) is 3.12. The molecule has 0 aliphatic heterocycles. The van der Waals surface area contributed by atoms with Gasteiger partial charge in [-0.05, 0) is 38.2 Å². The van der Waals surface area contributed by atoms with Crippen LogP contribution in [0.3, 0.4) is 0 Å². The molecule has 0 saturated carbocycles. The highest BCUT2D eigenvalue weighted by atomic mass is 32.1. The molecule has 0 fully saturated rings. The van der Waals surface area contributed by atoms with Gasteiger partial charge in [0.25, 0.3) is 0 Å². The van der Waals surface area contributed by atoms with Crippen LogP contribution >= 0.6 is 11.3 Å². The van der Waals surface area contributed by atoms with Gasteiger partial charge in [-0.3, -0.25) is 0 Å². The largest absolute Gasteiger partial charge is 0.315 e. The molecule has 1 aromatic carbocycles. The van der Waals surface area contributed by atoms with Crippen molar-refractivity contribution in [2.75, 3.05) is 20.6 Å². The molecule has 1 N–H and O–H groups in total. The third-order valence-corrected chi connectivity index (χ3v) is 4.19. The lowest BCUT2D eigenvalue weighted by molar-refractivity contribution is 0.334. The molecule has 0 aliphatic carbocycles. The van der Waals surface area contributed by atoms with E-state index in [0.29, 0.717) is 0 Å². The van der Waals surface area contributed by atoms with E-state index in [1.165, 1.54) is 15.3 Å². The highest BCUT2D eigenvalue weighted by Gasteiger charge is 2.04. The molecular formula is C16H22N2S. The van der Waals surface area contributed by atoms with Gasteiger partial charge in [-0.2, -0.15) is 0 Å². The molecule has 0 amide bonds. The van der Waals surface area contributed by atoms with E-state index in [4.69, 9.17) is 0 Å². The highest BCUT2D eigenvalue weighted by Crippen LogP contribution is 2.17. The molecule has 1 aromatic heterocycles. The molecule has 2 rings (SSSR count). The first-order chi connectivity index (χ1) is 9.28. The number of hydrogen-bond acceptors (Lipinski definition) is 3. The zero-order chi connectivity index (χ0) is 13.5. The number of nitrogens with zero attached hydrogens (tertiary/aromatic N) is 1. The predicted molar refractivity (Wildman–Crippen MR) is 83.6 cm³/mol. The molecule has 3 heteroatoms. The van der Waals surface area contributed by atoms with Crippen molar-refractivity contribution in [2.45, 2.75) is 19.5 Å². The van der Waals surface area contributed by atoms with Crippen LogP contribution in [0.2, 0.25) is 0 Å². The smallest absolute Gasteiger partial charge is 0.0325 e. The van der Waals surface area contributed by atoms with Crippen LogP contribution in [0.15, 0.2) is 42.5 Å². The standard InChI is InChI=1S/C16H22N2S/c1-17-12-15-8-9-16(19-15)13-18(2)11-10-14-6-4-3-5-7-14/h3-9,17H,10-13H2,1-2H3. The number of hydrogen-bond donors (Lipinski definition) is 1.